The average molecular weight is 284 g/mol. The molecule has 0 amide bonds. The Morgan fingerprint density at radius 2 is 2.00 bits per heavy atom. The highest BCUT2D eigenvalue weighted by Crippen LogP contribution is 2.28. The molecule has 1 aromatic heterocycles. The zero-order chi connectivity index (χ0) is 14.8. The first-order valence-corrected chi connectivity index (χ1v) is 7.92. The van der Waals surface area contributed by atoms with Crippen LogP contribution in [0.3, 0.4) is 0 Å². The second-order valence-corrected chi connectivity index (χ2v) is 6.42. The number of hydrogen-bond acceptors (Lipinski definition) is 2. The third-order valence-electron chi connectivity index (χ3n) is 4.54. The monoisotopic (exact) mass is 284 g/mol. The number of aromatic nitrogens is 2. The highest BCUT2D eigenvalue weighted by Gasteiger charge is 2.25. The summed E-state index contributed by atoms with van der Waals surface area (Å²) in [5.41, 5.74) is 3.85. The number of aliphatic hydroxyl groups is 1. The summed E-state index contributed by atoms with van der Waals surface area (Å²) in [6.45, 7) is 4.23. The third kappa shape index (κ3) is 3.18. The number of hydrogen-bond donors (Lipinski definition) is 1. The van der Waals surface area contributed by atoms with Gasteiger partial charge in [-0.05, 0) is 56.2 Å². The number of rotatable bonds is 4. The van der Waals surface area contributed by atoms with Crippen LogP contribution in [0.25, 0.3) is 0 Å². The van der Waals surface area contributed by atoms with E-state index in [1.807, 2.05) is 16.9 Å². The maximum atomic E-state index is 10.6. The van der Waals surface area contributed by atoms with Crippen LogP contribution < -0.4 is 0 Å². The largest absolute Gasteiger partial charge is 0.392 e. The Kier molecular flexibility index (Phi) is 4.11. The second-order valence-electron chi connectivity index (χ2n) is 6.42. The number of benzene rings is 1. The Morgan fingerprint density at radius 3 is 2.71 bits per heavy atom. The highest BCUT2D eigenvalue weighted by molar-refractivity contribution is 5.30. The van der Waals surface area contributed by atoms with Crippen LogP contribution in [0.1, 0.15) is 43.1 Å². The van der Waals surface area contributed by atoms with Crippen LogP contribution in [0.5, 0.6) is 0 Å². The molecule has 1 aromatic carbocycles. The summed E-state index contributed by atoms with van der Waals surface area (Å²) in [6, 6.07) is 11.0. The molecule has 3 heteroatoms. The molecule has 0 fully saturated rings. The quantitative estimate of drug-likeness (QED) is 0.936. The minimum Gasteiger partial charge on any atom is -0.392 e. The first kappa shape index (κ1) is 14.3. The van der Waals surface area contributed by atoms with Crippen LogP contribution >= 0.6 is 0 Å². The van der Waals surface area contributed by atoms with Crippen molar-refractivity contribution < 1.29 is 5.11 Å². The number of aliphatic hydroxyl groups excluding tert-OH is 1. The lowest BCUT2D eigenvalue weighted by molar-refractivity contribution is 0.0982. The predicted octanol–water partition coefficient (Wildman–Crippen LogP) is 3.17. The van der Waals surface area contributed by atoms with Crippen molar-refractivity contribution in [2.75, 3.05) is 0 Å². The minimum absolute atomic E-state index is 0.297. The standard InChI is InChI=1S/C18H24N2O/c1-13(2)20-10-9-17(19-20)12-18(21)16-8-7-14-5-3-4-6-15(14)11-16/h3-6,9-10,13,16,18,21H,7-8,11-12H2,1-2H3. The summed E-state index contributed by atoms with van der Waals surface area (Å²) >= 11 is 0. The molecular formula is C18H24N2O. The Morgan fingerprint density at radius 1 is 1.24 bits per heavy atom. The fourth-order valence-electron chi connectivity index (χ4n) is 3.21. The fraction of sp³-hybridized carbons (Fsp3) is 0.500. The molecule has 1 N–H and O–H groups in total. The van der Waals surface area contributed by atoms with Gasteiger partial charge in [-0.2, -0.15) is 5.10 Å². The van der Waals surface area contributed by atoms with Gasteiger partial charge in [0.1, 0.15) is 0 Å². The van der Waals surface area contributed by atoms with Gasteiger partial charge in [-0.25, -0.2) is 0 Å². The summed E-state index contributed by atoms with van der Waals surface area (Å²) in [6.07, 6.45) is 5.51. The summed E-state index contributed by atoms with van der Waals surface area (Å²) in [5.74, 6) is 0.351. The van der Waals surface area contributed by atoms with Crippen LogP contribution in [0.4, 0.5) is 0 Å². The van der Waals surface area contributed by atoms with Crippen molar-refractivity contribution in [3.8, 4) is 0 Å². The molecule has 1 heterocycles. The van der Waals surface area contributed by atoms with Crippen LogP contribution in [-0.4, -0.2) is 21.0 Å². The normalized spacial score (nSPS) is 19.5. The molecule has 112 valence electrons. The van der Waals surface area contributed by atoms with Crippen molar-refractivity contribution in [2.24, 2.45) is 5.92 Å². The van der Waals surface area contributed by atoms with Crippen LogP contribution in [0, 0.1) is 5.92 Å². The second kappa shape index (κ2) is 6.02. The average Bonchev–Trinajstić information content (AvgIpc) is 2.95. The maximum Gasteiger partial charge on any atom is 0.0650 e. The number of aryl methyl sites for hydroxylation is 1. The van der Waals surface area contributed by atoms with E-state index in [4.69, 9.17) is 0 Å². The molecule has 0 saturated heterocycles. The van der Waals surface area contributed by atoms with E-state index in [1.54, 1.807) is 0 Å². The SMILES string of the molecule is CC(C)n1ccc(CC(O)C2CCc3ccccc3C2)n1. The fourth-order valence-corrected chi connectivity index (χ4v) is 3.21. The Labute approximate surface area is 126 Å². The molecule has 0 aliphatic heterocycles. The van der Waals surface area contributed by atoms with Crippen LogP contribution in [-0.2, 0) is 19.3 Å². The molecule has 0 radical (unpaired) electrons. The lowest BCUT2D eigenvalue weighted by Crippen LogP contribution is -2.28. The Balaban J connectivity index is 1.65. The molecule has 3 nitrogen and oxygen atoms in total. The van der Waals surface area contributed by atoms with Crippen molar-refractivity contribution in [2.45, 2.75) is 51.7 Å². The number of nitrogens with zero attached hydrogens (tertiary/aromatic N) is 2. The summed E-state index contributed by atoms with van der Waals surface area (Å²) in [5, 5.41) is 15.1. The topological polar surface area (TPSA) is 38.0 Å². The van der Waals surface area contributed by atoms with Crippen LogP contribution in [0.15, 0.2) is 36.5 Å². The molecule has 21 heavy (non-hydrogen) atoms. The van der Waals surface area contributed by atoms with Gasteiger partial charge < -0.3 is 5.11 Å². The van der Waals surface area contributed by atoms with E-state index in [0.29, 0.717) is 18.4 Å². The van der Waals surface area contributed by atoms with E-state index < -0.39 is 0 Å². The van der Waals surface area contributed by atoms with Gasteiger partial charge in [0.05, 0.1) is 11.8 Å². The Hall–Kier alpha value is -1.61. The van der Waals surface area contributed by atoms with E-state index in [1.165, 1.54) is 11.1 Å². The van der Waals surface area contributed by atoms with Gasteiger partial charge in [-0.15, -0.1) is 0 Å². The molecule has 2 atom stereocenters. The van der Waals surface area contributed by atoms with Gasteiger partial charge in [0, 0.05) is 18.7 Å². The molecule has 2 unspecified atom stereocenters. The van der Waals surface area contributed by atoms with E-state index in [-0.39, 0.29) is 6.10 Å². The highest BCUT2D eigenvalue weighted by atomic mass is 16.3. The van der Waals surface area contributed by atoms with E-state index in [9.17, 15) is 5.11 Å². The molecule has 0 bridgehead atoms. The summed E-state index contributed by atoms with van der Waals surface area (Å²) in [4.78, 5) is 0. The predicted molar refractivity (Wildman–Crippen MR) is 84.3 cm³/mol. The van der Waals surface area contributed by atoms with Crippen LogP contribution in [0.2, 0.25) is 0 Å². The van der Waals surface area contributed by atoms with Gasteiger partial charge in [0.15, 0.2) is 0 Å². The van der Waals surface area contributed by atoms with Gasteiger partial charge >= 0.3 is 0 Å². The van der Waals surface area contributed by atoms with E-state index in [2.05, 4.69) is 43.2 Å². The van der Waals surface area contributed by atoms with Crippen molar-refractivity contribution >= 4 is 0 Å². The molecule has 0 spiro atoms. The smallest absolute Gasteiger partial charge is 0.0650 e. The molecule has 1 aliphatic carbocycles. The third-order valence-corrected chi connectivity index (χ3v) is 4.54. The molecule has 0 saturated carbocycles. The Bertz CT molecular complexity index is 603. The lowest BCUT2D eigenvalue weighted by Gasteiger charge is -2.28. The maximum absolute atomic E-state index is 10.6. The molecule has 2 aromatic rings. The van der Waals surface area contributed by atoms with Gasteiger partial charge in [-0.3, -0.25) is 4.68 Å². The van der Waals surface area contributed by atoms with Crippen molar-refractivity contribution in [1.82, 2.24) is 9.78 Å². The first-order valence-electron chi connectivity index (χ1n) is 7.92. The first-order chi connectivity index (χ1) is 10.1. The molecular weight excluding hydrogens is 260 g/mol. The van der Waals surface area contributed by atoms with E-state index >= 15 is 0 Å². The zero-order valence-electron chi connectivity index (χ0n) is 12.9. The molecule has 1 aliphatic rings. The lowest BCUT2D eigenvalue weighted by atomic mass is 9.80. The van der Waals surface area contributed by atoms with Gasteiger partial charge in [0.25, 0.3) is 0 Å². The summed E-state index contributed by atoms with van der Waals surface area (Å²) in [7, 11) is 0. The number of fused-ring (bicyclic) bond motifs is 1. The van der Waals surface area contributed by atoms with Crippen molar-refractivity contribution in [3.63, 3.8) is 0 Å². The zero-order valence-corrected chi connectivity index (χ0v) is 12.9. The van der Waals surface area contributed by atoms with Crippen molar-refractivity contribution in [1.29, 1.82) is 0 Å². The minimum atomic E-state index is -0.297. The van der Waals surface area contributed by atoms with Gasteiger partial charge in [-0.1, -0.05) is 24.3 Å². The van der Waals surface area contributed by atoms with E-state index in [0.717, 1.165) is 25.0 Å². The van der Waals surface area contributed by atoms with Gasteiger partial charge in [0.2, 0.25) is 0 Å². The molecule has 3 rings (SSSR count). The summed E-state index contributed by atoms with van der Waals surface area (Å²) < 4.78 is 1.96. The van der Waals surface area contributed by atoms with Crippen molar-refractivity contribution in [3.05, 3.63) is 53.3 Å².